The highest BCUT2D eigenvalue weighted by molar-refractivity contribution is 9.11. The van der Waals surface area contributed by atoms with Crippen molar-refractivity contribution in [2.24, 2.45) is 5.73 Å². The normalized spacial score (nSPS) is 12.8. The first-order valence-corrected chi connectivity index (χ1v) is 6.88. The molecule has 0 fully saturated rings. The Bertz CT molecular complexity index is 509. The molecule has 1 unspecified atom stereocenters. The van der Waals surface area contributed by atoms with Crippen LogP contribution in [0.15, 0.2) is 33.4 Å². The van der Waals surface area contributed by atoms with Crippen molar-refractivity contribution in [2.45, 2.75) is 13.0 Å². The van der Waals surface area contributed by atoms with Crippen LogP contribution >= 0.6 is 38.9 Å². The van der Waals surface area contributed by atoms with Crippen molar-refractivity contribution in [1.29, 1.82) is 0 Å². The van der Waals surface area contributed by atoms with E-state index in [1.807, 2.05) is 31.2 Å². The van der Waals surface area contributed by atoms with E-state index in [1.54, 1.807) is 11.3 Å². The lowest BCUT2D eigenvalue weighted by Gasteiger charge is -2.11. The lowest BCUT2D eigenvalue weighted by molar-refractivity contribution is 0.876. The topological polar surface area (TPSA) is 26.0 Å². The van der Waals surface area contributed by atoms with Gasteiger partial charge in [-0.1, -0.05) is 23.7 Å². The zero-order valence-corrected chi connectivity index (χ0v) is 11.9. The molecule has 0 bridgehead atoms. The summed E-state index contributed by atoms with van der Waals surface area (Å²) in [4.78, 5) is 0. The number of aryl methyl sites for hydroxylation is 1. The van der Waals surface area contributed by atoms with E-state index in [4.69, 9.17) is 17.3 Å². The van der Waals surface area contributed by atoms with Crippen LogP contribution < -0.4 is 5.73 Å². The molecule has 84 valence electrons. The van der Waals surface area contributed by atoms with E-state index < -0.39 is 0 Å². The summed E-state index contributed by atoms with van der Waals surface area (Å²) in [5.41, 5.74) is 9.40. The third kappa shape index (κ3) is 2.48. The van der Waals surface area contributed by atoms with Gasteiger partial charge in [-0.2, -0.15) is 0 Å². The lowest BCUT2D eigenvalue weighted by atomic mass is 10.0. The summed E-state index contributed by atoms with van der Waals surface area (Å²) in [5.74, 6) is 0. The molecule has 2 rings (SSSR count). The summed E-state index contributed by atoms with van der Waals surface area (Å²) >= 11 is 11.2. The monoisotopic (exact) mass is 315 g/mol. The standard InChI is InChI=1S/C12H11BrClNS/c1-7-2-3-8(4-10(7)14)12(15)9-5-11(13)16-6-9/h2-6,12H,15H2,1H3. The predicted octanol–water partition coefficient (Wildman–Crippen LogP) is 4.52. The summed E-state index contributed by atoms with van der Waals surface area (Å²) < 4.78 is 1.09. The highest BCUT2D eigenvalue weighted by atomic mass is 79.9. The minimum atomic E-state index is -0.111. The van der Waals surface area contributed by atoms with Crippen LogP contribution in [0, 0.1) is 6.92 Å². The molecule has 1 heterocycles. The van der Waals surface area contributed by atoms with E-state index in [9.17, 15) is 0 Å². The molecular formula is C12H11BrClNS. The van der Waals surface area contributed by atoms with Gasteiger partial charge in [-0.25, -0.2) is 0 Å². The summed E-state index contributed by atoms with van der Waals surface area (Å²) in [6.45, 7) is 1.98. The molecule has 16 heavy (non-hydrogen) atoms. The molecule has 1 aromatic heterocycles. The van der Waals surface area contributed by atoms with Gasteiger partial charge in [0.2, 0.25) is 0 Å². The van der Waals surface area contributed by atoms with Crippen molar-refractivity contribution in [3.63, 3.8) is 0 Å². The first kappa shape index (κ1) is 12.1. The van der Waals surface area contributed by atoms with Crippen molar-refractivity contribution in [1.82, 2.24) is 0 Å². The Morgan fingerprint density at radius 1 is 1.31 bits per heavy atom. The smallest absolute Gasteiger partial charge is 0.0701 e. The molecule has 2 N–H and O–H groups in total. The van der Waals surface area contributed by atoms with Gasteiger partial charge in [0.25, 0.3) is 0 Å². The number of nitrogens with two attached hydrogens (primary N) is 1. The Labute approximate surface area is 112 Å². The largest absolute Gasteiger partial charge is 0.320 e. The van der Waals surface area contributed by atoms with Crippen LogP contribution in [0.4, 0.5) is 0 Å². The molecule has 1 atom stereocenters. The van der Waals surface area contributed by atoms with E-state index in [2.05, 4.69) is 21.3 Å². The Morgan fingerprint density at radius 2 is 2.06 bits per heavy atom. The molecule has 2 aromatic rings. The average Bonchev–Trinajstić information content (AvgIpc) is 2.68. The van der Waals surface area contributed by atoms with E-state index in [-0.39, 0.29) is 6.04 Å². The number of thiophene rings is 1. The highest BCUT2D eigenvalue weighted by Crippen LogP contribution is 2.29. The SMILES string of the molecule is Cc1ccc(C(N)c2csc(Br)c2)cc1Cl. The fourth-order valence-corrected chi connectivity index (χ4v) is 2.88. The molecule has 0 saturated carbocycles. The van der Waals surface area contributed by atoms with E-state index in [0.717, 1.165) is 25.5 Å². The fourth-order valence-electron chi connectivity index (χ4n) is 1.48. The number of hydrogen-bond donors (Lipinski definition) is 1. The van der Waals surface area contributed by atoms with Crippen LogP contribution in [-0.2, 0) is 0 Å². The predicted molar refractivity (Wildman–Crippen MR) is 74.2 cm³/mol. The van der Waals surface area contributed by atoms with Gasteiger partial charge in [-0.15, -0.1) is 11.3 Å². The van der Waals surface area contributed by atoms with Gasteiger partial charge < -0.3 is 5.73 Å². The van der Waals surface area contributed by atoms with Crippen molar-refractivity contribution in [3.8, 4) is 0 Å². The van der Waals surface area contributed by atoms with Crippen molar-refractivity contribution >= 4 is 38.9 Å². The van der Waals surface area contributed by atoms with E-state index >= 15 is 0 Å². The molecule has 0 radical (unpaired) electrons. The zero-order valence-electron chi connectivity index (χ0n) is 8.71. The minimum absolute atomic E-state index is 0.111. The van der Waals surface area contributed by atoms with Gasteiger partial charge in [-0.05, 0) is 57.1 Å². The maximum absolute atomic E-state index is 6.18. The lowest BCUT2D eigenvalue weighted by Crippen LogP contribution is -2.10. The van der Waals surface area contributed by atoms with Crippen molar-refractivity contribution < 1.29 is 0 Å². The number of halogens is 2. The van der Waals surface area contributed by atoms with Gasteiger partial charge in [0.05, 0.1) is 9.83 Å². The van der Waals surface area contributed by atoms with E-state index in [0.29, 0.717) is 0 Å². The van der Waals surface area contributed by atoms with Crippen LogP contribution in [0.25, 0.3) is 0 Å². The maximum Gasteiger partial charge on any atom is 0.0701 e. The van der Waals surface area contributed by atoms with Gasteiger partial charge in [-0.3, -0.25) is 0 Å². The first-order valence-electron chi connectivity index (χ1n) is 4.83. The van der Waals surface area contributed by atoms with E-state index in [1.165, 1.54) is 0 Å². The van der Waals surface area contributed by atoms with Crippen LogP contribution in [0.2, 0.25) is 5.02 Å². The molecule has 4 heteroatoms. The first-order chi connectivity index (χ1) is 7.58. The number of rotatable bonds is 2. The molecule has 0 aliphatic carbocycles. The molecule has 0 aliphatic heterocycles. The van der Waals surface area contributed by atoms with Gasteiger partial charge in [0.1, 0.15) is 0 Å². The number of hydrogen-bond acceptors (Lipinski definition) is 2. The molecule has 1 aromatic carbocycles. The fraction of sp³-hybridized carbons (Fsp3) is 0.167. The Balaban J connectivity index is 2.33. The van der Waals surface area contributed by atoms with Crippen LogP contribution in [0.3, 0.4) is 0 Å². The van der Waals surface area contributed by atoms with Gasteiger partial charge in [0.15, 0.2) is 0 Å². The van der Waals surface area contributed by atoms with Crippen molar-refractivity contribution in [2.75, 3.05) is 0 Å². The third-order valence-corrected chi connectivity index (χ3v) is 4.43. The van der Waals surface area contributed by atoms with Crippen molar-refractivity contribution in [3.05, 3.63) is 55.1 Å². The average molecular weight is 317 g/mol. The molecule has 0 spiro atoms. The second-order valence-corrected chi connectivity index (χ2v) is 6.37. The van der Waals surface area contributed by atoms with Gasteiger partial charge in [0, 0.05) is 5.02 Å². The number of benzene rings is 1. The maximum atomic E-state index is 6.18. The van der Waals surface area contributed by atoms with Crippen LogP contribution in [-0.4, -0.2) is 0 Å². The summed E-state index contributed by atoms with van der Waals surface area (Å²) in [5, 5.41) is 2.82. The second kappa shape index (κ2) is 4.88. The van der Waals surface area contributed by atoms with Gasteiger partial charge >= 0.3 is 0 Å². The molecule has 0 amide bonds. The van der Waals surface area contributed by atoms with Crippen LogP contribution in [0.5, 0.6) is 0 Å². The molecule has 0 aliphatic rings. The highest BCUT2D eigenvalue weighted by Gasteiger charge is 2.11. The zero-order chi connectivity index (χ0) is 11.7. The second-order valence-electron chi connectivity index (χ2n) is 3.67. The summed E-state index contributed by atoms with van der Waals surface area (Å²) in [6, 6.07) is 7.90. The Kier molecular flexibility index (Phi) is 3.70. The quantitative estimate of drug-likeness (QED) is 0.866. The van der Waals surface area contributed by atoms with Crippen LogP contribution in [0.1, 0.15) is 22.7 Å². The third-order valence-electron chi connectivity index (χ3n) is 2.50. The summed E-state index contributed by atoms with van der Waals surface area (Å²) in [7, 11) is 0. The Morgan fingerprint density at radius 3 is 2.62 bits per heavy atom. The summed E-state index contributed by atoms with van der Waals surface area (Å²) in [6.07, 6.45) is 0. The minimum Gasteiger partial charge on any atom is -0.320 e. The molecular weight excluding hydrogens is 306 g/mol. The Hall–Kier alpha value is -0.350. The molecule has 0 saturated heterocycles. The molecule has 1 nitrogen and oxygen atoms in total.